The lowest BCUT2D eigenvalue weighted by Crippen LogP contribution is -2.63. The molecule has 0 aliphatic heterocycles. The maximum atomic E-state index is 6.29. The zero-order chi connectivity index (χ0) is 23.2. The first kappa shape index (κ1) is 23.1. The van der Waals surface area contributed by atoms with Gasteiger partial charge in [-0.25, -0.2) is 0 Å². The Morgan fingerprint density at radius 3 is 2.15 bits per heavy atom. The Morgan fingerprint density at radius 2 is 1.50 bits per heavy atom. The molecule has 5 aliphatic rings. The predicted molar refractivity (Wildman–Crippen MR) is 148 cm³/mol. The van der Waals surface area contributed by atoms with Gasteiger partial charge in [-0.15, -0.1) is 0 Å². The third kappa shape index (κ3) is 4.24. The highest BCUT2D eigenvalue weighted by atomic mass is 32.2. The minimum atomic E-state index is 0.181. The molecule has 5 fully saturated rings. The van der Waals surface area contributed by atoms with E-state index in [2.05, 4.69) is 77.7 Å². The second-order valence-electron chi connectivity index (χ2n) is 11.8. The Labute approximate surface area is 214 Å². The molecule has 0 amide bonds. The van der Waals surface area contributed by atoms with Crippen LogP contribution in [0.25, 0.3) is 0 Å². The van der Waals surface area contributed by atoms with Crippen molar-refractivity contribution in [3.8, 4) is 0 Å². The zero-order valence-electron chi connectivity index (χ0n) is 20.1. The van der Waals surface area contributed by atoms with E-state index in [1.807, 2.05) is 0 Å². The van der Waals surface area contributed by atoms with E-state index in [0.29, 0.717) is 17.5 Å². The molecule has 34 heavy (non-hydrogen) atoms. The van der Waals surface area contributed by atoms with Crippen LogP contribution in [0.2, 0.25) is 0 Å². The molecular formula is C30H38N2S2. The maximum absolute atomic E-state index is 6.29. The van der Waals surface area contributed by atoms with Crippen LogP contribution >= 0.6 is 24.0 Å². The lowest BCUT2D eigenvalue weighted by molar-refractivity contribution is -0.0298. The van der Waals surface area contributed by atoms with Gasteiger partial charge in [0.25, 0.3) is 0 Å². The monoisotopic (exact) mass is 490 g/mol. The summed E-state index contributed by atoms with van der Waals surface area (Å²) in [5.74, 6) is 2.65. The van der Waals surface area contributed by atoms with Crippen molar-refractivity contribution in [1.29, 1.82) is 0 Å². The van der Waals surface area contributed by atoms with Gasteiger partial charge in [-0.1, -0.05) is 72.9 Å². The van der Waals surface area contributed by atoms with Crippen molar-refractivity contribution in [3.63, 3.8) is 0 Å². The molecular weight excluding hydrogens is 452 g/mol. The Bertz CT molecular complexity index is 983. The fourth-order valence-corrected chi connectivity index (χ4v) is 10.1. The van der Waals surface area contributed by atoms with E-state index < -0.39 is 0 Å². The first-order valence-electron chi connectivity index (χ1n) is 13.3. The first-order valence-corrected chi connectivity index (χ1v) is 14.8. The van der Waals surface area contributed by atoms with Gasteiger partial charge in [-0.3, -0.25) is 0 Å². The highest BCUT2D eigenvalue weighted by molar-refractivity contribution is 7.99. The fourth-order valence-electron chi connectivity index (χ4n) is 8.14. The number of nitrogens with one attached hydrogen (secondary N) is 1. The third-order valence-corrected chi connectivity index (χ3v) is 11.7. The average molecular weight is 491 g/mol. The van der Waals surface area contributed by atoms with Gasteiger partial charge in [0.1, 0.15) is 0 Å². The molecule has 0 heterocycles. The second kappa shape index (κ2) is 9.26. The molecule has 5 saturated carbocycles. The molecule has 7 rings (SSSR count). The molecule has 0 spiro atoms. The van der Waals surface area contributed by atoms with Crippen molar-refractivity contribution in [2.45, 2.75) is 86.3 Å². The number of thioether (sulfide) groups is 1. The van der Waals surface area contributed by atoms with Crippen LogP contribution in [0.1, 0.15) is 68.9 Å². The Morgan fingerprint density at radius 1 is 0.882 bits per heavy atom. The molecule has 2 unspecified atom stereocenters. The van der Waals surface area contributed by atoms with E-state index in [9.17, 15) is 0 Å². The zero-order valence-corrected chi connectivity index (χ0v) is 21.8. The van der Waals surface area contributed by atoms with Crippen LogP contribution in [0.15, 0.2) is 60.7 Å². The highest BCUT2D eigenvalue weighted by Crippen LogP contribution is 2.68. The van der Waals surface area contributed by atoms with E-state index in [0.717, 1.165) is 35.7 Å². The van der Waals surface area contributed by atoms with Crippen molar-refractivity contribution in [1.82, 2.24) is 5.32 Å². The molecule has 0 aromatic heterocycles. The van der Waals surface area contributed by atoms with E-state index in [1.54, 1.807) is 5.56 Å². The molecule has 5 aliphatic carbocycles. The standard InChI is InChI=1S/C30H38N2S2/c31-25-11-13-26(14-12-25)32-28(33)30-17-22-15-29(20-30,24-9-5-2-6-10-24)16-23(18-30)27(22)34-19-21-7-3-1-4-8-21/h1-10,22-23,25-27H,11-20,31H2,(H,32,33)/t22?,23?,25-,26-,27?,29?,30?. The SMILES string of the molecule is N[C@H]1CC[C@H](NC(=S)C23CC4CC(c5ccccc5)(CC(C2)C4SCc2ccccc2)C3)CC1. The summed E-state index contributed by atoms with van der Waals surface area (Å²) in [6.45, 7) is 0. The van der Waals surface area contributed by atoms with Crippen molar-refractivity contribution >= 4 is 29.0 Å². The Balaban J connectivity index is 1.25. The van der Waals surface area contributed by atoms with Crippen molar-refractivity contribution in [3.05, 3.63) is 71.8 Å². The van der Waals surface area contributed by atoms with Crippen LogP contribution in [-0.2, 0) is 11.2 Å². The number of hydrogen-bond acceptors (Lipinski definition) is 3. The minimum absolute atomic E-state index is 0.181. The van der Waals surface area contributed by atoms with E-state index in [4.69, 9.17) is 18.0 Å². The number of rotatable bonds is 6. The summed E-state index contributed by atoms with van der Waals surface area (Å²) in [5.41, 5.74) is 9.68. The van der Waals surface area contributed by atoms with Crippen LogP contribution in [-0.4, -0.2) is 22.3 Å². The van der Waals surface area contributed by atoms with Gasteiger partial charge in [0.2, 0.25) is 0 Å². The summed E-state index contributed by atoms with van der Waals surface area (Å²) in [5, 5.41) is 4.67. The summed E-state index contributed by atoms with van der Waals surface area (Å²) in [4.78, 5) is 1.19. The highest BCUT2D eigenvalue weighted by Gasteiger charge is 2.63. The van der Waals surface area contributed by atoms with Crippen molar-refractivity contribution in [2.24, 2.45) is 23.0 Å². The molecule has 2 atom stereocenters. The molecule has 4 heteroatoms. The summed E-state index contributed by atoms with van der Waals surface area (Å²) >= 11 is 8.51. The van der Waals surface area contributed by atoms with Gasteiger partial charge in [0.05, 0.1) is 4.99 Å². The summed E-state index contributed by atoms with van der Waals surface area (Å²) in [7, 11) is 0. The molecule has 0 radical (unpaired) electrons. The molecule has 2 aromatic carbocycles. The maximum Gasteiger partial charge on any atom is 0.0818 e. The van der Waals surface area contributed by atoms with E-state index >= 15 is 0 Å². The molecule has 2 nitrogen and oxygen atoms in total. The lowest BCUT2D eigenvalue weighted by Gasteiger charge is -2.65. The van der Waals surface area contributed by atoms with Crippen LogP contribution in [0, 0.1) is 17.3 Å². The fraction of sp³-hybridized carbons (Fsp3) is 0.567. The molecule has 3 N–H and O–H groups in total. The van der Waals surface area contributed by atoms with Crippen LogP contribution < -0.4 is 11.1 Å². The Kier molecular flexibility index (Phi) is 6.28. The van der Waals surface area contributed by atoms with Gasteiger partial charge in [0.15, 0.2) is 0 Å². The first-order chi connectivity index (χ1) is 16.6. The molecule has 0 saturated heterocycles. The lowest BCUT2D eigenvalue weighted by atomic mass is 9.42. The van der Waals surface area contributed by atoms with Gasteiger partial charge >= 0.3 is 0 Å². The minimum Gasteiger partial charge on any atom is -0.376 e. The second-order valence-corrected chi connectivity index (χ2v) is 13.4. The summed E-state index contributed by atoms with van der Waals surface area (Å²) in [6, 6.07) is 23.4. The Hall–Kier alpha value is -1.36. The molecule has 4 bridgehead atoms. The van der Waals surface area contributed by atoms with Crippen LogP contribution in [0.3, 0.4) is 0 Å². The topological polar surface area (TPSA) is 38.0 Å². The molecule has 2 aromatic rings. The number of nitrogens with two attached hydrogens (primary N) is 1. The number of benzene rings is 2. The van der Waals surface area contributed by atoms with Gasteiger partial charge in [-0.2, -0.15) is 11.8 Å². The van der Waals surface area contributed by atoms with Crippen molar-refractivity contribution < 1.29 is 0 Å². The quantitative estimate of drug-likeness (QED) is 0.446. The molecule has 180 valence electrons. The smallest absolute Gasteiger partial charge is 0.0818 e. The van der Waals surface area contributed by atoms with E-state index in [1.165, 1.54) is 55.5 Å². The predicted octanol–water partition coefficient (Wildman–Crippen LogP) is 6.62. The number of hydrogen-bond donors (Lipinski definition) is 2. The van der Waals surface area contributed by atoms with Crippen molar-refractivity contribution in [2.75, 3.05) is 0 Å². The normalized spacial score (nSPS) is 38.6. The number of thiocarbonyl (C=S) groups is 1. The average Bonchev–Trinajstić information content (AvgIpc) is 2.86. The third-order valence-electron chi connectivity index (χ3n) is 9.48. The van der Waals surface area contributed by atoms with Gasteiger partial charge in [0, 0.05) is 28.5 Å². The largest absolute Gasteiger partial charge is 0.376 e. The van der Waals surface area contributed by atoms with Gasteiger partial charge < -0.3 is 11.1 Å². The van der Waals surface area contributed by atoms with Crippen LogP contribution in [0.5, 0.6) is 0 Å². The van der Waals surface area contributed by atoms with Gasteiger partial charge in [-0.05, 0) is 86.2 Å². The summed E-state index contributed by atoms with van der Waals surface area (Å²) < 4.78 is 0. The summed E-state index contributed by atoms with van der Waals surface area (Å²) in [6.07, 6.45) is 11.1. The van der Waals surface area contributed by atoms with Crippen LogP contribution in [0.4, 0.5) is 0 Å². The van der Waals surface area contributed by atoms with E-state index in [-0.39, 0.29) is 5.41 Å².